The highest BCUT2D eigenvalue weighted by atomic mass is 16.2. The van der Waals surface area contributed by atoms with Crippen molar-refractivity contribution in [2.24, 2.45) is 5.73 Å². The summed E-state index contributed by atoms with van der Waals surface area (Å²) in [7, 11) is 1.58. The fourth-order valence-corrected chi connectivity index (χ4v) is 1.78. The molecule has 0 aliphatic rings. The van der Waals surface area contributed by atoms with E-state index in [0.717, 1.165) is 0 Å². The van der Waals surface area contributed by atoms with Crippen molar-refractivity contribution < 1.29 is 9.59 Å². The van der Waals surface area contributed by atoms with E-state index in [9.17, 15) is 9.59 Å². The second-order valence-electron chi connectivity index (χ2n) is 4.38. The second kappa shape index (κ2) is 7.59. The lowest BCUT2D eigenvalue weighted by molar-refractivity contribution is -0.131. The standard InChI is InChI=1S/C12H22N6O2/c1-4-17(5-2)11(19)9-16(3)12(20)10-8-18(7-6-13)15-14-10/h8H,4-7,9,13H2,1-3H3. The van der Waals surface area contributed by atoms with E-state index >= 15 is 0 Å². The van der Waals surface area contributed by atoms with Crippen molar-refractivity contribution >= 4 is 11.8 Å². The smallest absolute Gasteiger partial charge is 0.276 e. The molecule has 0 unspecified atom stereocenters. The number of hydrogen-bond acceptors (Lipinski definition) is 5. The predicted octanol–water partition coefficient (Wildman–Crippen LogP) is -0.823. The van der Waals surface area contributed by atoms with Gasteiger partial charge in [0, 0.05) is 26.7 Å². The van der Waals surface area contributed by atoms with Gasteiger partial charge in [0.15, 0.2) is 5.69 Å². The van der Waals surface area contributed by atoms with Crippen molar-refractivity contribution in [3.05, 3.63) is 11.9 Å². The van der Waals surface area contributed by atoms with Gasteiger partial charge in [0.2, 0.25) is 5.91 Å². The van der Waals surface area contributed by atoms with Crippen molar-refractivity contribution in [2.75, 3.05) is 33.2 Å². The lowest BCUT2D eigenvalue weighted by atomic mass is 10.3. The number of carbonyl (C=O) groups is 2. The zero-order valence-corrected chi connectivity index (χ0v) is 12.2. The van der Waals surface area contributed by atoms with Crippen LogP contribution in [-0.4, -0.2) is 69.8 Å². The minimum atomic E-state index is -0.325. The van der Waals surface area contributed by atoms with Crippen LogP contribution in [0.3, 0.4) is 0 Å². The van der Waals surface area contributed by atoms with Gasteiger partial charge in [-0.15, -0.1) is 5.10 Å². The normalized spacial score (nSPS) is 10.4. The molecule has 0 saturated heterocycles. The first kappa shape index (κ1) is 16.1. The monoisotopic (exact) mass is 282 g/mol. The summed E-state index contributed by atoms with van der Waals surface area (Å²) in [6.45, 7) is 6.03. The molecule has 8 heteroatoms. The van der Waals surface area contributed by atoms with E-state index in [-0.39, 0.29) is 24.1 Å². The number of amides is 2. The van der Waals surface area contributed by atoms with E-state index in [1.165, 1.54) is 15.8 Å². The van der Waals surface area contributed by atoms with Crippen molar-refractivity contribution in [2.45, 2.75) is 20.4 Å². The SMILES string of the molecule is CCN(CC)C(=O)CN(C)C(=O)c1cn(CCN)nn1. The van der Waals surface area contributed by atoms with Crippen LogP contribution >= 0.6 is 0 Å². The number of rotatable bonds is 7. The molecule has 20 heavy (non-hydrogen) atoms. The molecule has 1 heterocycles. The third-order valence-electron chi connectivity index (χ3n) is 2.95. The summed E-state index contributed by atoms with van der Waals surface area (Å²) in [4.78, 5) is 27.1. The molecular formula is C12H22N6O2. The van der Waals surface area contributed by atoms with Crippen LogP contribution in [0, 0.1) is 0 Å². The topological polar surface area (TPSA) is 97.4 Å². The van der Waals surface area contributed by atoms with Crippen molar-refractivity contribution in [3.8, 4) is 0 Å². The Morgan fingerprint density at radius 3 is 2.55 bits per heavy atom. The van der Waals surface area contributed by atoms with Crippen molar-refractivity contribution in [1.82, 2.24) is 24.8 Å². The molecule has 0 atom stereocenters. The van der Waals surface area contributed by atoms with Crippen LogP contribution in [0.2, 0.25) is 0 Å². The molecule has 0 fully saturated rings. The van der Waals surface area contributed by atoms with Gasteiger partial charge in [-0.05, 0) is 13.8 Å². The Morgan fingerprint density at radius 2 is 2.00 bits per heavy atom. The Bertz CT molecular complexity index is 455. The molecule has 0 spiro atoms. The Kier molecular flexibility index (Phi) is 6.10. The number of nitrogens with two attached hydrogens (primary N) is 1. The summed E-state index contributed by atoms with van der Waals surface area (Å²) in [5.41, 5.74) is 5.62. The molecule has 2 N–H and O–H groups in total. The number of hydrogen-bond donors (Lipinski definition) is 1. The van der Waals surface area contributed by atoms with Crippen LogP contribution in [0.25, 0.3) is 0 Å². The summed E-state index contributed by atoms with van der Waals surface area (Å²) in [6, 6.07) is 0. The molecular weight excluding hydrogens is 260 g/mol. The first-order chi connectivity index (χ1) is 9.53. The molecule has 1 aromatic heterocycles. The van der Waals surface area contributed by atoms with E-state index in [1.807, 2.05) is 13.8 Å². The van der Waals surface area contributed by atoms with Crippen LogP contribution < -0.4 is 5.73 Å². The predicted molar refractivity (Wildman–Crippen MR) is 74.0 cm³/mol. The minimum absolute atomic E-state index is 0.0320. The largest absolute Gasteiger partial charge is 0.342 e. The molecule has 0 saturated carbocycles. The maximum absolute atomic E-state index is 12.1. The molecule has 1 aromatic rings. The molecule has 0 aromatic carbocycles. The van der Waals surface area contributed by atoms with Crippen LogP contribution in [0.15, 0.2) is 6.20 Å². The fourth-order valence-electron chi connectivity index (χ4n) is 1.78. The summed E-state index contributed by atoms with van der Waals surface area (Å²) >= 11 is 0. The van der Waals surface area contributed by atoms with E-state index < -0.39 is 0 Å². The summed E-state index contributed by atoms with van der Waals surface area (Å²) in [5, 5.41) is 7.59. The van der Waals surface area contributed by atoms with Gasteiger partial charge in [-0.1, -0.05) is 5.21 Å². The van der Waals surface area contributed by atoms with Crippen LogP contribution in [0.4, 0.5) is 0 Å². The van der Waals surface area contributed by atoms with Gasteiger partial charge in [-0.25, -0.2) is 0 Å². The quantitative estimate of drug-likeness (QED) is 0.704. The van der Waals surface area contributed by atoms with Gasteiger partial charge >= 0.3 is 0 Å². The fraction of sp³-hybridized carbons (Fsp3) is 0.667. The number of likely N-dealkylation sites (N-methyl/N-ethyl adjacent to an activating group) is 2. The minimum Gasteiger partial charge on any atom is -0.342 e. The lowest BCUT2D eigenvalue weighted by Gasteiger charge is -2.22. The Morgan fingerprint density at radius 1 is 1.35 bits per heavy atom. The van der Waals surface area contributed by atoms with E-state index in [0.29, 0.717) is 26.2 Å². The number of carbonyl (C=O) groups excluding carboxylic acids is 2. The van der Waals surface area contributed by atoms with Crippen LogP contribution in [-0.2, 0) is 11.3 Å². The van der Waals surface area contributed by atoms with Crippen LogP contribution in [0.5, 0.6) is 0 Å². The number of nitrogens with zero attached hydrogens (tertiary/aromatic N) is 5. The molecule has 0 bridgehead atoms. The Labute approximate surface area is 118 Å². The van der Waals surface area contributed by atoms with Gasteiger partial charge in [-0.2, -0.15) is 0 Å². The first-order valence-electron chi connectivity index (χ1n) is 6.66. The van der Waals surface area contributed by atoms with Gasteiger partial charge in [0.05, 0.1) is 19.3 Å². The van der Waals surface area contributed by atoms with Crippen molar-refractivity contribution in [3.63, 3.8) is 0 Å². The van der Waals surface area contributed by atoms with Gasteiger partial charge < -0.3 is 15.5 Å². The molecule has 1 rings (SSSR count). The van der Waals surface area contributed by atoms with E-state index in [4.69, 9.17) is 5.73 Å². The van der Waals surface area contributed by atoms with Crippen LogP contribution in [0.1, 0.15) is 24.3 Å². The Hall–Kier alpha value is -1.96. The molecule has 0 aliphatic carbocycles. The van der Waals surface area contributed by atoms with Gasteiger partial charge in [0.25, 0.3) is 5.91 Å². The van der Waals surface area contributed by atoms with Gasteiger partial charge in [0.1, 0.15) is 0 Å². The maximum Gasteiger partial charge on any atom is 0.276 e. The summed E-state index contributed by atoms with van der Waals surface area (Å²) in [6.07, 6.45) is 1.54. The second-order valence-corrected chi connectivity index (χ2v) is 4.38. The summed E-state index contributed by atoms with van der Waals surface area (Å²) < 4.78 is 1.51. The number of aromatic nitrogens is 3. The average molecular weight is 282 g/mol. The zero-order valence-electron chi connectivity index (χ0n) is 12.2. The van der Waals surface area contributed by atoms with E-state index in [2.05, 4.69) is 10.3 Å². The third kappa shape index (κ3) is 4.02. The highest BCUT2D eigenvalue weighted by Crippen LogP contribution is 2.00. The zero-order chi connectivity index (χ0) is 15.1. The molecule has 2 amide bonds. The highest BCUT2D eigenvalue weighted by Gasteiger charge is 2.20. The molecule has 8 nitrogen and oxygen atoms in total. The van der Waals surface area contributed by atoms with E-state index in [1.54, 1.807) is 11.9 Å². The van der Waals surface area contributed by atoms with Gasteiger partial charge in [-0.3, -0.25) is 14.3 Å². The summed E-state index contributed by atoms with van der Waals surface area (Å²) in [5.74, 6) is -0.408. The average Bonchev–Trinajstić information content (AvgIpc) is 2.88. The molecule has 0 aliphatic heterocycles. The Balaban J connectivity index is 2.64. The maximum atomic E-state index is 12.1. The third-order valence-corrected chi connectivity index (χ3v) is 2.95. The highest BCUT2D eigenvalue weighted by molar-refractivity contribution is 5.94. The van der Waals surface area contributed by atoms with Crippen molar-refractivity contribution in [1.29, 1.82) is 0 Å². The lowest BCUT2D eigenvalue weighted by Crippen LogP contribution is -2.41. The molecule has 0 radical (unpaired) electrons. The molecule has 112 valence electrons. The first-order valence-corrected chi connectivity index (χ1v) is 6.66.